The molecule has 2 aromatic rings. The first-order chi connectivity index (χ1) is 12.1. The van der Waals surface area contributed by atoms with Gasteiger partial charge in [-0.3, -0.25) is 14.8 Å². The predicted molar refractivity (Wildman–Crippen MR) is 95.2 cm³/mol. The maximum Gasteiger partial charge on any atom is 0.410 e. The van der Waals surface area contributed by atoms with Gasteiger partial charge in [0.1, 0.15) is 6.61 Å². The average molecular weight is 358 g/mol. The van der Waals surface area contributed by atoms with E-state index in [4.69, 9.17) is 16.3 Å². The zero-order chi connectivity index (χ0) is 17.3. The molecule has 1 amide bonds. The van der Waals surface area contributed by atoms with Crippen molar-refractivity contribution in [2.45, 2.75) is 25.0 Å². The van der Waals surface area contributed by atoms with Crippen LogP contribution in [0.25, 0.3) is 0 Å². The number of carbonyl (C=O) groups excluding carboxylic acids is 1. The van der Waals surface area contributed by atoms with Gasteiger partial charge in [-0.15, -0.1) is 0 Å². The Morgan fingerprint density at radius 1 is 1.16 bits per heavy atom. The van der Waals surface area contributed by atoms with Crippen LogP contribution < -0.4 is 0 Å². The standard InChI is InChI=1S/C19H20ClN3O2/c20-16-6-4-15(5-7-16)11-22-10-8-19(13-22)14-25-18(24)23(19)12-17-3-1-2-9-21-17/h1-7,9H,8,10-14H2. The van der Waals surface area contributed by atoms with Gasteiger partial charge in [0.05, 0.1) is 17.8 Å². The van der Waals surface area contributed by atoms with Gasteiger partial charge in [0.2, 0.25) is 0 Å². The molecular formula is C19H20ClN3O2. The maximum atomic E-state index is 12.3. The van der Waals surface area contributed by atoms with Gasteiger partial charge in [-0.1, -0.05) is 29.8 Å². The van der Waals surface area contributed by atoms with Crippen molar-refractivity contribution in [2.75, 3.05) is 19.7 Å². The largest absolute Gasteiger partial charge is 0.447 e. The molecule has 1 unspecified atom stereocenters. The van der Waals surface area contributed by atoms with Crippen LogP contribution in [0.1, 0.15) is 17.7 Å². The SMILES string of the molecule is O=C1OCC2(CCN(Cc3ccc(Cl)cc3)C2)N1Cc1ccccn1. The third kappa shape index (κ3) is 3.34. The molecule has 1 aromatic heterocycles. The molecule has 5 nitrogen and oxygen atoms in total. The highest BCUT2D eigenvalue weighted by Crippen LogP contribution is 2.35. The van der Waals surface area contributed by atoms with Crippen LogP contribution in [-0.4, -0.2) is 46.1 Å². The quantitative estimate of drug-likeness (QED) is 0.842. The smallest absolute Gasteiger partial charge is 0.410 e. The number of hydrogen-bond acceptors (Lipinski definition) is 4. The second-order valence-corrected chi connectivity index (χ2v) is 7.21. The normalized spacial score (nSPS) is 23.4. The molecule has 0 aliphatic carbocycles. The van der Waals surface area contributed by atoms with Crippen LogP contribution in [0.15, 0.2) is 48.7 Å². The first-order valence-corrected chi connectivity index (χ1v) is 8.84. The molecule has 6 heteroatoms. The number of rotatable bonds is 4. The number of pyridine rings is 1. The molecular weight excluding hydrogens is 338 g/mol. The zero-order valence-electron chi connectivity index (χ0n) is 13.9. The molecule has 0 saturated carbocycles. The van der Waals surface area contributed by atoms with Gasteiger partial charge in [-0.25, -0.2) is 4.79 Å². The van der Waals surface area contributed by atoms with E-state index in [9.17, 15) is 4.79 Å². The van der Waals surface area contributed by atoms with Crippen molar-refractivity contribution in [3.8, 4) is 0 Å². The number of likely N-dealkylation sites (tertiary alicyclic amines) is 1. The average Bonchev–Trinajstić information content (AvgIpc) is 3.17. The topological polar surface area (TPSA) is 45.7 Å². The summed E-state index contributed by atoms with van der Waals surface area (Å²) in [5.41, 5.74) is 1.86. The molecule has 1 atom stereocenters. The number of amides is 1. The van der Waals surface area contributed by atoms with Crippen LogP contribution in [0.4, 0.5) is 4.79 Å². The highest BCUT2D eigenvalue weighted by molar-refractivity contribution is 6.30. The van der Waals surface area contributed by atoms with Gasteiger partial charge in [-0.2, -0.15) is 0 Å². The number of halogens is 1. The van der Waals surface area contributed by atoms with E-state index in [1.54, 1.807) is 6.20 Å². The molecule has 2 aliphatic heterocycles. The molecule has 2 aliphatic rings. The van der Waals surface area contributed by atoms with Crippen molar-refractivity contribution in [1.82, 2.24) is 14.8 Å². The second kappa shape index (κ2) is 6.65. The number of nitrogens with zero attached hydrogens (tertiary/aromatic N) is 3. The summed E-state index contributed by atoms with van der Waals surface area (Å²) in [5.74, 6) is 0. The Kier molecular flexibility index (Phi) is 4.36. The van der Waals surface area contributed by atoms with E-state index >= 15 is 0 Å². The number of cyclic esters (lactones) is 1. The summed E-state index contributed by atoms with van der Waals surface area (Å²) in [7, 11) is 0. The lowest BCUT2D eigenvalue weighted by atomic mass is 9.98. The fourth-order valence-electron chi connectivity index (χ4n) is 3.69. The number of benzene rings is 1. The van der Waals surface area contributed by atoms with E-state index < -0.39 is 0 Å². The Labute approximate surface area is 152 Å². The van der Waals surface area contributed by atoms with E-state index in [0.29, 0.717) is 13.2 Å². The van der Waals surface area contributed by atoms with Crippen molar-refractivity contribution in [1.29, 1.82) is 0 Å². The Bertz CT molecular complexity index is 753. The molecule has 3 heterocycles. The molecule has 25 heavy (non-hydrogen) atoms. The number of carbonyl (C=O) groups is 1. The Morgan fingerprint density at radius 2 is 2.00 bits per heavy atom. The van der Waals surface area contributed by atoms with Crippen LogP contribution in [0.5, 0.6) is 0 Å². The van der Waals surface area contributed by atoms with Gasteiger partial charge < -0.3 is 4.74 Å². The Morgan fingerprint density at radius 3 is 2.76 bits per heavy atom. The molecule has 2 saturated heterocycles. The fraction of sp³-hybridized carbons (Fsp3) is 0.368. The third-order valence-corrected chi connectivity index (χ3v) is 5.29. The van der Waals surface area contributed by atoms with Crippen LogP contribution in [0.2, 0.25) is 5.02 Å². The van der Waals surface area contributed by atoms with E-state index in [0.717, 1.165) is 36.8 Å². The van der Waals surface area contributed by atoms with Crippen molar-refractivity contribution >= 4 is 17.7 Å². The van der Waals surface area contributed by atoms with E-state index in [1.165, 1.54) is 5.56 Å². The number of ether oxygens (including phenoxy) is 1. The highest BCUT2D eigenvalue weighted by atomic mass is 35.5. The summed E-state index contributed by atoms with van der Waals surface area (Å²) in [6, 6.07) is 13.7. The zero-order valence-corrected chi connectivity index (χ0v) is 14.7. The monoisotopic (exact) mass is 357 g/mol. The molecule has 0 radical (unpaired) electrons. The van der Waals surface area contributed by atoms with Gasteiger partial charge in [0, 0.05) is 30.9 Å². The first-order valence-electron chi connectivity index (χ1n) is 8.46. The van der Waals surface area contributed by atoms with Crippen LogP contribution in [-0.2, 0) is 17.8 Å². The van der Waals surface area contributed by atoms with E-state index in [2.05, 4.69) is 22.0 Å². The van der Waals surface area contributed by atoms with Crippen molar-refractivity contribution < 1.29 is 9.53 Å². The summed E-state index contributed by atoms with van der Waals surface area (Å²) < 4.78 is 5.40. The summed E-state index contributed by atoms with van der Waals surface area (Å²) in [5, 5.41) is 0.748. The Balaban J connectivity index is 1.47. The molecule has 130 valence electrons. The van der Waals surface area contributed by atoms with E-state index in [-0.39, 0.29) is 11.6 Å². The lowest BCUT2D eigenvalue weighted by Gasteiger charge is -2.31. The van der Waals surface area contributed by atoms with Gasteiger partial charge in [-0.05, 0) is 36.2 Å². The Hall–Kier alpha value is -2.11. The summed E-state index contributed by atoms with van der Waals surface area (Å²) in [6.07, 6.45) is 2.43. The lowest BCUT2D eigenvalue weighted by Crippen LogP contribution is -2.48. The maximum absolute atomic E-state index is 12.3. The fourth-order valence-corrected chi connectivity index (χ4v) is 3.82. The predicted octanol–water partition coefficient (Wildman–Crippen LogP) is 3.33. The number of hydrogen-bond donors (Lipinski definition) is 0. The van der Waals surface area contributed by atoms with Crippen molar-refractivity contribution in [3.63, 3.8) is 0 Å². The molecule has 0 N–H and O–H groups in total. The lowest BCUT2D eigenvalue weighted by molar-refractivity contribution is 0.144. The molecule has 0 bridgehead atoms. The minimum Gasteiger partial charge on any atom is -0.447 e. The van der Waals surface area contributed by atoms with Gasteiger partial charge >= 0.3 is 6.09 Å². The number of aromatic nitrogens is 1. The van der Waals surface area contributed by atoms with E-state index in [1.807, 2.05) is 35.2 Å². The molecule has 4 rings (SSSR count). The summed E-state index contributed by atoms with van der Waals surface area (Å²) in [6.45, 7) is 3.56. The summed E-state index contributed by atoms with van der Waals surface area (Å²) in [4.78, 5) is 20.9. The summed E-state index contributed by atoms with van der Waals surface area (Å²) >= 11 is 5.96. The van der Waals surface area contributed by atoms with Crippen molar-refractivity contribution in [3.05, 3.63) is 64.9 Å². The second-order valence-electron chi connectivity index (χ2n) is 6.77. The minimum absolute atomic E-state index is 0.237. The molecule has 1 aromatic carbocycles. The van der Waals surface area contributed by atoms with Crippen LogP contribution >= 0.6 is 11.6 Å². The van der Waals surface area contributed by atoms with Crippen molar-refractivity contribution in [2.24, 2.45) is 0 Å². The first kappa shape index (κ1) is 16.4. The minimum atomic E-state index is -0.249. The molecule has 2 fully saturated rings. The van der Waals surface area contributed by atoms with Crippen LogP contribution in [0.3, 0.4) is 0 Å². The molecule has 1 spiro atoms. The van der Waals surface area contributed by atoms with Gasteiger partial charge in [0.15, 0.2) is 0 Å². The van der Waals surface area contributed by atoms with Gasteiger partial charge in [0.25, 0.3) is 0 Å². The highest BCUT2D eigenvalue weighted by Gasteiger charge is 2.51. The van der Waals surface area contributed by atoms with Crippen LogP contribution in [0, 0.1) is 0 Å². The third-order valence-electron chi connectivity index (χ3n) is 5.03.